The SMILES string of the molecule is C=C(C)C(=O)OCCc1cc(-c2ccc(C3CCC(C)CC3)cc2)ccc1CCN(C)C. The van der Waals surface area contributed by atoms with Crippen molar-refractivity contribution in [2.45, 2.75) is 58.3 Å². The van der Waals surface area contributed by atoms with Gasteiger partial charge in [0.15, 0.2) is 0 Å². The maximum absolute atomic E-state index is 11.8. The highest BCUT2D eigenvalue weighted by atomic mass is 16.5. The summed E-state index contributed by atoms with van der Waals surface area (Å²) in [5.41, 5.74) is 6.97. The highest BCUT2D eigenvalue weighted by Crippen LogP contribution is 2.36. The van der Waals surface area contributed by atoms with Gasteiger partial charge in [-0.3, -0.25) is 0 Å². The minimum absolute atomic E-state index is 0.316. The predicted octanol–water partition coefficient (Wildman–Crippen LogP) is 6.41. The molecule has 0 aliphatic heterocycles. The van der Waals surface area contributed by atoms with Crippen LogP contribution in [0.25, 0.3) is 11.1 Å². The van der Waals surface area contributed by atoms with Gasteiger partial charge in [-0.25, -0.2) is 4.79 Å². The maximum Gasteiger partial charge on any atom is 0.333 e. The molecule has 172 valence electrons. The largest absolute Gasteiger partial charge is 0.462 e. The van der Waals surface area contributed by atoms with E-state index in [1.807, 2.05) is 0 Å². The van der Waals surface area contributed by atoms with E-state index >= 15 is 0 Å². The smallest absolute Gasteiger partial charge is 0.333 e. The monoisotopic (exact) mass is 433 g/mol. The summed E-state index contributed by atoms with van der Waals surface area (Å²) in [5.74, 6) is 1.28. The van der Waals surface area contributed by atoms with Crippen molar-refractivity contribution in [2.24, 2.45) is 5.92 Å². The van der Waals surface area contributed by atoms with Crippen molar-refractivity contribution in [3.05, 3.63) is 71.3 Å². The molecule has 0 amide bonds. The van der Waals surface area contributed by atoms with Crippen LogP contribution >= 0.6 is 0 Å². The Kier molecular flexibility index (Phi) is 8.69. The Morgan fingerprint density at radius 3 is 2.25 bits per heavy atom. The Bertz CT molecular complexity index is 905. The Morgan fingerprint density at radius 1 is 0.969 bits per heavy atom. The molecule has 1 saturated carbocycles. The van der Waals surface area contributed by atoms with Gasteiger partial charge in [-0.15, -0.1) is 0 Å². The molecule has 32 heavy (non-hydrogen) atoms. The van der Waals surface area contributed by atoms with Crippen LogP contribution in [0.3, 0.4) is 0 Å². The fraction of sp³-hybridized carbons (Fsp3) is 0.483. The minimum Gasteiger partial charge on any atom is -0.462 e. The third-order valence-electron chi connectivity index (χ3n) is 6.72. The zero-order valence-corrected chi connectivity index (χ0v) is 20.3. The van der Waals surface area contributed by atoms with E-state index in [4.69, 9.17) is 4.74 Å². The first-order valence-electron chi connectivity index (χ1n) is 12.0. The van der Waals surface area contributed by atoms with Crippen LogP contribution < -0.4 is 0 Å². The number of carbonyl (C=O) groups excluding carboxylic acids is 1. The van der Waals surface area contributed by atoms with Crippen LogP contribution in [0.15, 0.2) is 54.6 Å². The molecule has 2 aromatic carbocycles. The molecule has 0 bridgehead atoms. The van der Waals surface area contributed by atoms with Crippen molar-refractivity contribution >= 4 is 5.97 Å². The molecule has 0 radical (unpaired) electrons. The van der Waals surface area contributed by atoms with Gasteiger partial charge in [0.2, 0.25) is 0 Å². The quantitative estimate of drug-likeness (QED) is 0.338. The lowest BCUT2D eigenvalue weighted by atomic mass is 9.79. The van der Waals surface area contributed by atoms with Gasteiger partial charge in [0.05, 0.1) is 6.61 Å². The second kappa shape index (κ2) is 11.5. The molecule has 3 rings (SSSR count). The van der Waals surface area contributed by atoms with Crippen LogP contribution in [0.4, 0.5) is 0 Å². The van der Waals surface area contributed by atoms with E-state index in [1.165, 1.54) is 53.5 Å². The lowest BCUT2D eigenvalue weighted by Crippen LogP contribution is -2.16. The summed E-state index contributed by atoms with van der Waals surface area (Å²) in [4.78, 5) is 14.0. The van der Waals surface area contributed by atoms with Crippen molar-refractivity contribution in [2.75, 3.05) is 27.2 Å². The second-order valence-corrected chi connectivity index (χ2v) is 9.78. The molecule has 0 atom stereocenters. The number of benzene rings is 2. The van der Waals surface area contributed by atoms with E-state index in [0.29, 0.717) is 24.5 Å². The van der Waals surface area contributed by atoms with Gasteiger partial charge in [0, 0.05) is 18.5 Å². The number of ether oxygens (including phenoxy) is 1. The number of nitrogens with zero attached hydrogens (tertiary/aromatic N) is 1. The van der Waals surface area contributed by atoms with Gasteiger partial charge in [0.25, 0.3) is 0 Å². The van der Waals surface area contributed by atoms with Crippen LogP contribution in [-0.4, -0.2) is 38.1 Å². The Morgan fingerprint density at radius 2 is 1.62 bits per heavy atom. The molecule has 0 saturated heterocycles. The lowest BCUT2D eigenvalue weighted by molar-refractivity contribution is -0.138. The van der Waals surface area contributed by atoms with Crippen LogP contribution in [0.5, 0.6) is 0 Å². The molecule has 0 heterocycles. The Hall–Kier alpha value is -2.39. The van der Waals surface area contributed by atoms with Crippen molar-refractivity contribution < 1.29 is 9.53 Å². The molecule has 0 spiro atoms. The molecule has 3 heteroatoms. The van der Waals surface area contributed by atoms with Crippen LogP contribution in [0.2, 0.25) is 0 Å². The number of carbonyl (C=O) groups is 1. The molecule has 1 fully saturated rings. The maximum atomic E-state index is 11.8. The average molecular weight is 434 g/mol. The number of hydrogen-bond acceptors (Lipinski definition) is 3. The molecule has 0 aromatic heterocycles. The normalized spacial score (nSPS) is 18.5. The topological polar surface area (TPSA) is 29.5 Å². The summed E-state index contributed by atoms with van der Waals surface area (Å²) in [6.45, 7) is 9.09. The molecular formula is C29H39NO2. The van der Waals surface area contributed by atoms with Crippen molar-refractivity contribution in [3.8, 4) is 11.1 Å². The van der Waals surface area contributed by atoms with Gasteiger partial charge in [-0.1, -0.05) is 68.8 Å². The molecule has 0 N–H and O–H groups in total. The summed E-state index contributed by atoms with van der Waals surface area (Å²) in [5, 5.41) is 0. The number of esters is 1. The zero-order valence-electron chi connectivity index (χ0n) is 20.3. The third kappa shape index (κ3) is 6.80. The molecule has 1 aliphatic rings. The summed E-state index contributed by atoms with van der Waals surface area (Å²) in [6, 6.07) is 15.9. The third-order valence-corrected chi connectivity index (χ3v) is 6.72. The first-order valence-corrected chi connectivity index (χ1v) is 12.0. The summed E-state index contributed by atoms with van der Waals surface area (Å²) in [6.07, 6.45) is 7.02. The van der Waals surface area contributed by atoms with Crippen LogP contribution in [-0.2, 0) is 22.4 Å². The van der Waals surface area contributed by atoms with E-state index in [1.54, 1.807) is 6.92 Å². The Balaban J connectivity index is 1.75. The molecule has 0 unspecified atom stereocenters. The minimum atomic E-state index is -0.316. The lowest BCUT2D eigenvalue weighted by Gasteiger charge is -2.26. The van der Waals surface area contributed by atoms with E-state index in [-0.39, 0.29) is 5.97 Å². The van der Waals surface area contributed by atoms with Crippen LogP contribution in [0.1, 0.15) is 62.1 Å². The zero-order chi connectivity index (χ0) is 23.1. The van der Waals surface area contributed by atoms with Gasteiger partial charge >= 0.3 is 5.97 Å². The molecule has 1 aliphatic carbocycles. The van der Waals surface area contributed by atoms with E-state index in [9.17, 15) is 4.79 Å². The van der Waals surface area contributed by atoms with E-state index in [2.05, 4.69) is 75.0 Å². The summed E-state index contributed by atoms with van der Waals surface area (Å²) in [7, 11) is 4.19. The van der Waals surface area contributed by atoms with Crippen LogP contribution in [0, 0.1) is 5.92 Å². The van der Waals surface area contributed by atoms with Crippen molar-refractivity contribution in [1.82, 2.24) is 4.90 Å². The number of likely N-dealkylation sites (N-methyl/N-ethyl adjacent to an activating group) is 1. The highest BCUT2D eigenvalue weighted by Gasteiger charge is 2.19. The predicted molar refractivity (Wildman–Crippen MR) is 134 cm³/mol. The molecule has 2 aromatic rings. The van der Waals surface area contributed by atoms with Gasteiger partial charge in [-0.05, 0) is 79.9 Å². The van der Waals surface area contributed by atoms with Crippen molar-refractivity contribution in [1.29, 1.82) is 0 Å². The highest BCUT2D eigenvalue weighted by molar-refractivity contribution is 5.86. The first-order chi connectivity index (χ1) is 15.3. The standard InChI is InChI=1S/C29H39NO2/c1-21(2)29(31)32-19-17-28-20-27(15-14-26(28)16-18-30(4)5)25-12-10-24(11-13-25)23-8-6-22(3)7-9-23/h10-15,20,22-23H,1,6-9,16-19H2,2-5H3. The van der Waals surface area contributed by atoms with Crippen molar-refractivity contribution in [3.63, 3.8) is 0 Å². The fourth-order valence-electron chi connectivity index (χ4n) is 4.54. The number of rotatable bonds is 9. The van der Waals surface area contributed by atoms with Gasteiger partial charge < -0.3 is 9.64 Å². The van der Waals surface area contributed by atoms with E-state index < -0.39 is 0 Å². The molecular weight excluding hydrogens is 394 g/mol. The fourth-order valence-corrected chi connectivity index (χ4v) is 4.54. The second-order valence-electron chi connectivity index (χ2n) is 9.78. The molecule has 3 nitrogen and oxygen atoms in total. The van der Waals surface area contributed by atoms with Gasteiger partial charge in [0.1, 0.15) is 0 Å². The number of hydrogen-bond donors (Lipinski definition) is 0. The van der Waals surface area contributed by atoms with Gasteiger partial charge in [-0.2, -0.15) is 0 Å². The summed E-state index contributed by atoms with van der Waals surface area (Å²) < 4.78 is 5.38. The van der Waals surface area contributed by atoms with E-state index in [0.717, 1.165) is 18.9 Å². The first kappa shape index (κ1) is 24.3. The summed E-state index contributed by atoms with van der Waals surface area (Å²) >= 11 is 0. The average Bonchev–Trinajstić information content (AvgIpc) is 2.78. The Labute approximate surface area is 194 Å².